The Morgan fingerprint density at radius 3 is 2.45 bits per heavy atom. The molecule has 1 N–H and O–H groups in total. The molecule has 1 amide bonds. The molecule has 3 rings (SSSR count). The molecule has 1 fully saturated rings. The number of hydrogen-bond acceptors (Lipinski definition) is 3. The van der Waals surface area contributed by atoms with Crippen molar-refractivity contribution in [2.45, 2.75) is 52.0 Å². The molecule has 1 aliphatic rings. The molecule has 0 unspecified atom stereocenters. The van der Waals surface area contributed by atoms with Crippen LogP contribution >= 0.6 is 0 Å². The number of ether oxygens (including phenoxy) is 1. The maximum absolute atomic E-state index is 12.9. The van der Waals surface area contributed by atoms with E-state index in [0.717, 1.165) is 25.9 Å². The summed E-state index contributed by atoms with van der Waals surface area (Å²) in [6, 6.07) is 16.6. The van der Waals surface area contributed by atoms with E-state index >= 15 is 0 Å². The lowest BCUT2D eigenvalue weighted by atomic mass is 9.99. The SMILES string of the molecule is CCCOc1ccccc1C(=O)NC[C@H](c1ccc(CC)cc1)N1CCCCC1. The molecule has 1 aliphatic heterocycles. The van der Waals surface area contributed by atoms with Crippen LogP contribution in [0.25, 0.3) is 0 Å². The summed E-state index contributed by atoms with van der Waals surface area (Å²) in [4.78, 5) is 15.5. The van der Waals surface area contributed by atoms with Crippen LogP contribution in [-0.2, 0) is 6.42 Å². The predicted octanol–water partition coefficient (Wildman–Crippen LogP) is 4.99. The Balaban J connectivity index is 1.73. The largest absolute Gasteiger partial charge is 0.493 e. The molecule has 1 saturated heterocycles. The Hall–Kier alpha value is -2.33. The maximum atomic E-state index is 12.9. The number of carbonyl (C=O) groups excluding carboxylic acids is 1. The van der Waals surface area contributed by atoms with E-state index in [9.17, 15) is 4.79 Å². The molecule has 4 heteroatoms. The molecule has 4 nitrogen and oxygen atoms in total. The average molecular weight is 395 g/mol. The summed E-state index contributed by atoms with van der Waals surface area (Å²) in [6.07, 6.45) is 5.71. The third-order valence-corrected chi connectivity index (χ3v) is 5.65. The molecule has 0 aliphatic carbocycles. The Morgan fingerprint density at radius 1 is 1.03 bits per heavy atom. The molecule has 2 aromatic carbocycles. The van der Waals surface area contributed by atoms with E-state index in [4.69, 9.17) is 4.74 Å². The summed E-state index contributed by atoms with van der Waals surface area (Å²) in [5.41, 5.74) is 3.23. The Morgan fingerprint density at radius 2 is 1.76 bits per heavy atom. The fraction of sp³-hybridized carbons (Fsp3) is 0.480. The van der Waals surface area contributed by atoms with E-state index in [1.165, 1.54) is 30.4 Å². The summed E-state index contributed by atoms with van der Waals surface area (Å²) in [6.45, 7) is 7.64. The highest BCUT2D eigenvalue weighted by atomic mass is 16.5. The molecule has 1 atom stereocenters. The number of nitrogens with one attached hydrogen (secondary N) is 1. The second kappa shape index (κ2) is 11.0. The second-order valence-corrected chi connectivity index (χ2v) is 7.76. The normalized spacial score (nSPS) is 15.7. The van der Waals surface area contributed by atoms with Gasteiger partial charge < -0.3 is 10.1 Å². The smallest absolute Gasteiger partial charge is 0.255 e. The summed E-state index contributed by atoms with van der Waals surface area (Å²) in [5, 5.41) is 3.18. The van der Waals surface area contributed by atoms with Crippen LogP contribution in [0.3, 0.4) is 0 Å². The van der Waals surface area contributed by atoms with Gasteiger partial charge in [0.05, 0.1) is 18.2 Å². The highest BCUT2D eigenvalue weighted by Gasteiger charge is 2.23. The number of aryl methyl sites for hydroxylation is 1. The van der Waals surface area contributed by atoms with Crippen LogP contribution in [0.2, 0.25) is 0 Å². The molecule has 29 heavy (non-hydrogen) atoms. The number of carbonyl (C=O) groups is 1. The fourth-order valence-electron chi connectivity index (χ4n) is 3.94. The highest BCUT2D eigenvalue weighted by molar-refractivity contribution is 5.96. The van der Waals surface area contributed by atoms with E-state index in [1.807, 2.05) is 24.3 Å². The van der Waals surface area contributed by atoms with Crippen molar-refractivity contribution in [2.24, 2.45) is 0 Å². The fourth-order valence-corrected chi connectivity index (χ4v) is 3.94. The number of likely N-dealkylation sites (tertiary alicyclic amines) is 1. The summed E-state index contributed by atoms with van der Waals surface area (Å²) < 4.78 is 5.77. The molecule has 0 bridgehead atoms. The van der Waals surface area contributed by atoms with Crippen molar-refractivity contribution in [1.29, 1.82) is 0 Å². The molecule has 156 valence electrons. The molecule has 0 radical (unpaired) electrons. The van der Waals surface area contributed by atoms with Crippen LogP contribution in [0.1, 0.15) is 67.1 Å². The van der Waals surface area contributed by atoms with Crippen LogP contribution in [0.15, 0.2) is 48.5 Å². The first-order chi connectivity index (χ1) is 14.2. The van der Waals surface area contributed by atoms with E-state index in [2.05, 4.69) is 48.3 Å². The lowest BCUT2D eigenvalue weighted by Crippen LogP contribution is -2.40. The molecule has 2 aromatic rings. The minimum absolute atomic E-state index is 0.0658. The summed E-state index contributed by atoms with van der Waals surface area (Å²) in [7, 11) is 0. The molecular formula is C25H34N2O2. The monoisotopic (exact) mass is 394 g/mol. The first-order valence-electron chi connectivity index (χ1n) is 11.1. The van der Waals surface area contributed by atoms with Crippen molar-refractivity contribution >= 4 is 5.91 Å². The molecule has 0 spiro atoms. The lowest BCUT2D eigenvalue weighted by Gasteiger charge is -2.35. The van der Waals surface area contributed by atoms with Gasteiger partial charge in [0.15, 0.2) is 0 Å². The van der Waals surface area contributed by atoms with Crippen molar-refractivity contribution in [3.8, 4) is 5.75 Å². The van der Waals surface area contributed by atoms with Crippen molar-refractivity contribution in [3.63, 3.8) is 0 Å². The van der Waals surface area contributed by atoms with Gasteiger partial charge in [-0.1, -0.05) is 56.7 Å². The van der Waals surface area contributed by atoms with Gasteiger partial charge in [0.25, 0.3) is 5.91 Å². The predicted molar refractivity (Wildman–Crippen MR) is 119 cm³/mol. The molecular weight excluding hydrogens is 360 g/mol. The van der Waals surface area contributed by atoms with Gasteiger partial charge in [-0.2, -0.15) is 0 Å². The van der Waals surface area contributed by atoms with Gasteiger partial charge in [0.1, 0.15) is 5.75 Å². The summed E-state index contributed by atoms with van der Waals surface area (Å²) in [5.74, 6) is 0.595. The van der Waals surface area contributed by atoms with Gasteiger partial charge in [-0.05, 0) is 62.0 Å². The van der Waals surface area contributed by atoms with Gasteiger partial charge >= 0.3 is 0 Å². The highest BCUT2D eigenvalue weighted by Crippen LogP contribution is 2.25. The van der Waals surface area contributed by atoms with Gasteiger partial charge in [-0.25, -0.2) is 0 Å². The van der Waals surface area contributed by atoms with Crippen molar-refractivity contribution in [1.82, 2.24) is 10.2 Å². The Kier molecular flexibility index (Phi) is 8.12. The van der Waals surface area contributed by atoms with E-state index in [1.54, 1.807) is 0 Å². The first-order valence-corrected chi connectivity index (χ1v) is 11.1. The Labute approximate surface area is 175 Å². The third kappa shape index (κ3) is 5.83. The van der Waals surface area contributed by atoms with E-state index < -0.39 is 0 Å². The number of amides is 1. The van der Waals surface area contributed by atoms with Crippen LogP contribution in [0.4, 0.5) is 0 Å². The molecule has 1 heterocycles. The standard InChI is InChI=1S/C25H34N2O2/c1-3-18-29-24-11-7-6-10-22(24)25(28)26-19-23(27-16-8-5-9-17-27)21-14-12-20(4-2)13-15-21/h6-7,10-15,23H,3-5,8-9,16-19H2,1-2H3,(H,26,28)/t23-/m1/s1. The second-order valence-electron chi connectivity index (χ2n) is 7.76. The van der Waals surface area contributed by atoms with Crippen molar-refractivity contribution in [2.75, 3.05) is 26.2 Å². The van der Waals surface area contributed by atoms with Crippen molar-refractivity contribution < 1.29 is 9.53 Å². The number of para-hydroxylation sites is 1. The van der Waals surface area contributed by atoms with Crippen LogP contribution in [-0.4, -0.2) is 37.0 Å². The summed E-state index contributed by atoms with van der Waals surface area (Å²) >= 11 is 0. The zero-order valence-electron chi connectivity index (χ0n) is 17.8. The van der Waals surface area contributed by atoms with Crippen LogP contribution in [0.5, 0.6) is 5.75 Å². The van der Waals surface area contributed by atoms with Gasteiger partial charge in [0.2, 0.25) is 0 Å². The minimum Gasteiger partial charge on any atom is -0.493 e. The van der Waals surface area contributed by atoms with Gasteiger partial charge in [-0.3, -0.25) is 9.69 Å². The molecule has 0 saturated carbocycles. The minimum atomic E-state index is -0.0658. The van der Waals surface area contributed by atoms with E-state index in [-0.39, 0.29) is 11.9 Å². The third-order valence-electron chi connectivity index (χ3n) is 5.65. The quantitative estimate of drug-likeness (QED) is 0.651. The van der Waals surface area contributed by atoms with E-state index in [0.29, 0.717) is 24.5 Å². The van der Waals surface area contributed by atoms with Gasteiger partial charge in [0, 0.05) is 6.54 Å². The Bertz CT molecular complexity index is 767. The van der Waals surface area contributed by atoms with Crippen LogP contribution in [0, 0.1) is 0 Å². The topological polar surface area (TPSA) is 41.6 Å². The van der Waals surface area contributed by atoms with Crippen LogP contribution < -0.4 is 10.1 Å². The number of rotatable bonds is 9. The number of nitrogens with zero attached hydrogens (tertiary/aromatic N) is 1. The lowest BCUT2D eigenvalue weighted by molar-refractivity contribution is 0.0920. The number of piperidine rings is 1. The molecule has 0 aromatic heterocycles. The van der Waals surface area contributed by atoms with Gasteiger partial charge in [-0.15, -0.1) is 0 Å². The zero-order valence-corrected chi connectivity index (χ0v) is 17.8. The zero-order chi connectivity index (χ0) is 20.5. The first kappa shape index (κ1) is 21.4. The maximum Gasteiger partial charge on any atom is 0.255 e. The van der Waals surface area contributed by atoms with Crippen molar-refractivity contribution in [3.05, 3.63) is 65.2 Å². The number of benzene rings is 2. The number of hydrogen-bond donors (Lipinski definition) is 1. The average Bonchev–Trinajstić information content (AvgIpc) is 2.79.